The second-order valence-corrected chi connectivity index (χ2v) is 7.26. The minimum atomic E-state index is -0.854. The summed E-state index contributed by atoms with van der Waals surface area (Å²) in [5.41, 5.74) is 1.07. The second-order valence-electron chi connectivity index (χ2n) is 7.26. The number of ether oxygens (including phenoxy) is 2. The molecule has 0 spiro atoms. The zero-order valence-corrected chi connectivity index (χ0v) is 14.7. The summed E-state index contributed by atoms with van der Waals surface area (Å²) in [6, 6.07) is 5.82. The Morgan fingerprint density at radius 1 is 1.24 bits per heavy atom. The standard InChI is InChI=1S/C19H25NO5/c1-11(2)7-13(19(22)23)10-20-18(21)15-9-14(15)12-3-4-16-17(8-12)25-6-5-24-16/h3-4,8,11,13-15H,5-7,9-10H2,1-2H3,(H,20,21)(H,22,23). The van der Waals surface area contributed by atoms with Gasteiger partial charge in [0.2, 0.25) is 5.91 Å². The molecule has 1 aromatic rings. The first-order valence-electron chi connectivity index (χ1n) is 8.85. The minimum Gasteiger partial charge on any atom is -0.486 e. The summed E-state index contributed by atoms with van der Waals surface area (Å²) in [4.78, 5) is 23.6. The highest BCUT2D eigenvalue weighted by atomic mass is 16.6. The summed E-state index contributed by atoms with van der Waals surface area (Å²) in [6.07, 6.45) is 1.35. The van der Waals surface area contributed by atoms with Crippen LogP contribution in [0.1, 0.15) is 38.2 Å². The Labute approximate surface area is 147 Å². The molecule has 0 bridgehead atoms. The monoisotopic (exact) mass is 347 g/mol. The summed E-state index contributed by atoms with van der Waals surface area (Å²) in [7, 11) is 0. The predicted octanol–water partition coefficient (Wildman–Crippen LogP) is 2.42. The number of nitrogens with one attached hydrogen (secondary N) is 1. The van der Waals surface area contributed by atoms with Crippen LogP contribution in [0.2, 0.25) is 0 Å². The molecule has 0 aromatic heterocycles. The van der Waals surface area contributed by atoms with Crippen LogP contribution in [-0.2, 0) is 9.59 Å². The van der Waals surface area contributed by atoms with E-state index in [1.165, 1.54) is 0 Å². The Kier molecular flexibility index (Phi) is 5.16. The molecular weight excluding hydrogens is 322 g/mol. The van der Waals surface area contributed by atoms with Crippen LogP contribution in [0.4, 0.5) is 0 Å². The van der Waals surface area contributed by atoms with E-state index in [0.717, 1.165) is 23.5 Å². The number of hydrogen-bond donors (Lipinski definition) is 2. The van der Waals surface area contributed by atoms with Crippen LogP contribution in [0.3, 0.4) is 0 Å². The van der Waals surface area contributed by atoms with Gasteiger partial charge in [0.15, 0.2) is 11.5 Å². The van der Waals surface area contributed by atoms with Gasteiger partial charge in [-0.15, -0.1) is 0 Å². The summed E-state index contributed by atoms with van der Waals surface area (Å²) in [5, 5.41) is 12.1. The van der Waals surface area contributed by atoms with Crippen LogP contribution in [-0.4, -0.2) is 36.7 Å². The Bertz CT molecular complexity index is 657. The number of hydrogen-bond acceptors (Lipinski definition) is 4. The van der Waals surface area contributed by atoms with Crippen LogP contribution in [0.5, 0.6) is 11.5 Å². The topological polar surface area (TPSA) is 84.9 Å². The predicted molar refractivity (Wildman–Crippen MR) is 91.9 cm³/mol. The van der Waals surface area contributed by atoms with Crippen molar-refractivity contribution in [2.45, 2.75) is 32.6 Å². The van der Waals surface area contributed by atoms with Gasteiger partial charge >= 0.3 is 5.97 Å². The summed E-state index contributed by atoms with van der Waals surface area (Å²) < 4.78 is 11.1. The largest absolute Gasteiger partial charge is 0.486 e. The number of carbonyl (C=O) groups excluding carboxylic acids is 1. The Balaban J connectivity index is 1.54. The average Bonchev–Trinajstić information content (AvgIpc) is 3.38. The SMILES string of the molecule is CC(C)CC(CNC(=O)C1CC1c1ccc2c(c1)OCCO2)C(=O)O. The molecule has 25 heavy (non-hydrogen) atoms. The van der Waals surface area contributed by atoms with Gasteiger partial charge in [-0.25, -0.2) is 0 Å². The van der Waals surface area contributed by atoms with Gasteiger partial charge in [0.25, 0.3) is 0 Å². The van der Waals surface area contributed by atoms with Gasteiger partial charge in [-0.05, 0) is 42.4 Å². The fourth-order valence-electron chi connectivity index (χ4n) is 3.34. The van der Waals surface area contributed by atoms with Gasteiger partial charge in [0.05, 0.1) is 5.92 Å². The molecule has 0 radical (unpaired) electrons. The third-order valence-electron chi connectivity index (χ3n) is 4.75. The fraction of sp³-hybridized carbons (Fsp3) is 0.579. The van der Waals surface area contributed by atoms with Crippen LogP contribution >= 0.6 is 0 Å². The number of carbonyl (C=O) groups is 2. The zero-order chi connectivity index (χ0) is 18.0. The number of fused-ring (bicyclic) bond motifs is 1. The van der Waals surface area contributed by atoms with E-state index in [1.807, 2.05) is 32.0 Å². The lowest BCUT2D eigenvalue weighted by molar-refractivity contribution is -0.142. The molecule has 1 fully saturated rings. The number of aliphatic carboxylic acids is 1. The molecule has 2 N–H and O–H groups in total. The van der Waals surface area contributed by atoms with Crippen molar-refractivity contribution < 1.29 is 24.2 Å². The van der Waals surface area contributed by atoms with E-state index >= 15 is 0 Å². The van der Waals surface area contributed by atoms with Crippen molar-refractivity contribution in [3.05, 3.63) is 23.8 Å². The van der Waals surface area contributed by atoms with Gasteiger partial charge < -0.3 is 19.9 Å². The lowest BCUT2D eigenvalue weighted by Gasteiger charge is -2.19. The number of rotatable bonds is 7. The fourth-order valence-corrected chi connectivity index (χ4v) is 3.34. The number of benzene rings is 1. The van der Waals surface area contributed by atoms with Crippen LogP contribution in [0, 0.1) is 17.8 Å². The van der Waals surface area contributed by atoms with Crippen molar-refractivity contribution in [3.8, 4) is 11.5 Å². The molecule has 1 saturated carbocycles. The van der Waals surface area contributed by atoms with Crippen molar-refractivity contribution in [2.75, 3.05) is 19.8 Å². The average molecular weight is 347 g/mol. The van der Waals surface area contributed by atoms with Crippen molar-refractivity contribution in [3.63, 3.8) is 0 Å². The van der Waals surface area contributed by atoms with Crippen molar-refractivity contribution >= 4 is 11.9 Å². The van der Waals surface area contributed by atoms with Gasteiger partial charge in [-0.2, -0.15) is 0 Å². The maximum atomic E-state index is 12.3. The number of carboxylic acids is 1. The van der Waals surface area contributed by atoms with Gasteiger partial charge in [0.1, 0.15) is 13.2 Å². The van der Waals surface area contributed by atoms with E-state index in [9.17, 15) is 14.7 Å². The van der Waals surface area contributed by atoms with E-state index in [4.69, 9.17) is 9.47 Å². The summed E-state index contributed by atoms with van der Waals surface area (Å²) in [5.74, 6) is 0.399. The third-order valence-corrected chi connectivity index (χ3v) is 4.75. The maximum Gasteiger partial charge on any atom is 0.308 e. The molecule has 1 aliphatic heterocycles. The lowest BCUT2D eigenvalue weighted by Crippen LogP contribution is -2.34. The first kappa shape index (κ1) is 17.6. The van der Waals surface area contributed by atoms with Crippen LogP contribution < -0.4 is 14.8 Å². The highest BCUT2D eigenvalue weighted by molar-refractivity contribution is 5.83. The van der Waals surface area contributed by atoms with E-state index < -0.39 is 11.9 Å². The molecule has 3 unspecified atom stereocenters. The maximum absolute atomic E-state index is 12.3. The first-order chi connectivity index (χ1) is 12.0. The van der Waals surface area contributed by atoms with E-state index in [1.54, 1.807) is 0 Å². The Morgan fingerprint density at radius 2 is 1.96 bits per heavy atom. The highest BCUT2D eigenvalue weighted by Crippen LogP contribution is 2.49. The van der Waals surface area contributed by atoms with E-state index in [0.29, 0.717) is 19.6 Å². The molecule has 3 rings (SSSR count). The molecule has 136 valence electrons. The van der Waals surface area contributed by atoms with Crippen molar-refractivity contribution in [2.24, 2.45) is 17.8 Å². The molecule has 6 nitrogen and oxygen atoms in total. The summed E-state index contributed by atoms with van der Waals surface area (Å²) >= 11 is 0. The smallest absolute Gasteiger partial charge is 0.308 e. The molecule has 2 aliphatic rings. The van der Waals surface area contributed by atoms with Crippen LogP contribution in [0.25, 0.3) is 0 Å². The minimum absolute atomic E-state index is 0.0603. The number of amides is 1. The second kappa shape index (κ2) is 7.33. The summed E-state index contributed by atoms with van der Waals surface area (Å²) in [6.45, 7) is 5.25. The molecule has 0 saturated heterocycles. The normalized spacial score (nSPS) is 22.4. The highest BCUT2D eigenvalue weighted by Gasteiger charge is 2.44. The van der Waals surface area contributed by atoms with Gasteiger partial charge in [0, 0.05) is 12.5 Å². The molecule has 1 aromatic carbocycles. The number of carboxylic acid groups (broad SMARTS) is 1. The zero-order valence-electron chi connectivity index (χ0n) is 14.7. The lowest BCUT2D eigenvalue weighted by atomic mass is 9.97. The molecule has 1 amide bonds. The van der Waals surface area contributed by atoms with Crippen molar-refractivity contribution in [1.82, 2.24) is 5.32 Å². The Hall–Kier alpha value is -2.24. The molecule has 3 atom stereocenters. The molecule has 1 heterocycles. The van der Waals surface area contributed by atoms with Gasteiger partial charge in [-0.1, -0.05) is 19.9 Å². The van der Waals surface area contributed by atoms with E-state index in [2.05, 4.69) is 5.32 Å². The van der Waals surface area contributed by atoms with Gasteiger partial charge in [-0.3, -0.25) is 9.59 Å². The van der Waals surface area contributed by atoms with Crippen molar-refractivity contribution in [1.29, 1.82) is 0 Å². The molecule has 6 heteroatoms. The first-order valence-corrected chi connectivity index (χ1v) is 8.85. The quantitative estimate of drug-likeness (QED) is 0.791. The van der Waals surface area contributed by atoms with E-state index in [-0.39, 0.29) is 30.2 Å². The Morgan fingerprint density at radius 3 is 2.64 bits per heavy atom. The molecular formula is C19H25NO5. The van der Waals surface area contributed by atoms with Crippen LogP contribution in [0.15, 0.2) is 18.2 Å². The third kappa shape index (κ3) is 4.24. The molecule has 1 aliphatic carbocycles.